The van der Waals surface area contributed by atoms with Gasteiger partial charge in [-0.25, -0.2) is 0 Å². The number of benzene rings is 1. The van der Waals surface area contributed by atoms with Gasteiger partial charge in [0.15, 0.2) is 0 Å². The van der Waals surface area contributed by atoms with Crippen LogP contribution >= 0.6 is 0 Å². The number of rotatable bonds is 4. The van der Waals surface area contributed by atoms with Crippen LogP contribution in [0.4, 0.5) is 0 Å². The van der Waals surface area contributed by atoms with Crippen molar-refractivity contribution in [3.05, 3.63) is 35.4 Å². The fourth-order valence-electron chi connectivity index (χ4n) is 1.30. The van der Waals surface area contributed by atoms with Crippen molar-refractivity contribution in [3.8, 4) is 0 Å². The first kappa shape index (κ1) is 11.4. The third-order valence-corrected chi connectivity index (χ3v) is 2.28. The molecule has 1 rings (SSSR count). The van der Waals surface area contributed by atoms with E-state index in [9.17, 15) is 9.59 Å². The molecular formula is C12H15NO2. The normalized spacial score (nSPS) is 9.73. The number of hydrogen-bond donors (Lipinski definition) is 1. The smallest absolute Gasteiger partial charge is 0.287 e. The second-order valence-electron chi connectivity index (χ2n) is 3.35. The van der Waals surface area contributed by atoms with Crippen molar-refractivity contribution >= 4 is 11.7 Å². The number of carbonyl (C=O) groups is 2. The molecule has 0 spiro atoms. The minimum Gasteiger partial charge on any atom is -0.353 e. The third-order valence-electron chi connectivity index (χ3n) is 2.28. The number of nitrogens with one attached hydrogen (secondary N) is 1. The van der Waals surface area contributed by atoms with E-state index in [1.807, 2.05) is 24.3 Å². The van der Waals surface area contributed by atoms with E-state index in [1.165, 1.54) is 12.6 Å². The molecule has 0 aliphatic rings. The van der Waals surface area contributed by atoms with E-state index in [-0.39, 0.29) is 6.42 Å². The van der Waals surface area contributed by atoms with Gasteiger partial charge in [0.25, 0.3) is 5.91 Å². The number of likely N-dealkylation sites (N-methyl/N-ethyl adjacent to an activating group) is 1. The van der Waals surface area contributed by atoms with Gasteiger partial charge in [0.1, 0.15) is 0 Å². The standard InChI is InChI=1S/C12H15NO2/c1-3-9-4-6-10(7-5-9)8-11(14)12(15)13-2/h4-7H,3,8H2,1-2H3,(H,13,15). The van der Waals surface area contributed by atoms with Crippen LogP contribution in [-0.2, 0) is 22.4 Å². The Hall–Kier alpha value is -1.64. The zero-order valence-electron chi connectivity index (χ0n) is 9.04. The van der Waals surface area contributed by atoms with Crippen LogP contribution in [0.15, 0.2) is 24.3 Å². The zero-order chi connectivity index (χ0) is 11.3. The van der Waals surface area contributed by atoms with Crippen molar-refractivity contribution in [1.82, 2.24) is 5.32 Å². The van der Waals surface area contributed by atoms with Crippen molar-refractivity contribution in [3.63, 3.8) is 0 Å². The lowest BCUT2D eigenvalue weighted by atomic mass is 10.1. The zero-order valence-corrected chi connectivity index (χ0v) is 9.04. The molecule has 15 heavy (non-hydrogen) atoms. The SMILES string of the molecule is CCc1ccc(CC(=O)C(=O)NC)cc1. The van der Waals surface area contributed by atoms with Gasteiger partial charge in [-0.3, -0.25) is 9.59 Å². The topological polar surface area (TPSA) is 46.2 Å². The summed E-state index contributed by atoms with van der Waals surface area (Å²) in [4.78, 5) is 22.3. The largest absolute Gasteiger partial charge is 0.353 e. The Labute approximate surface area is 89.5 Å². The maximum Gasteiger partial charge on any atom is 0.287 e. The molecule has 0 saturated carbocycles. The Bertz CT molecular complexity index is 354. The van der Waals surface area contributed by atoms with Gasteiger partial charge in [0.2, 0.25) is 5.78 Å². The summed E-state index contributed by atoms with van der Waals surface area (Å²) >= 11 is 0. The first-order valence-corrected chi connectivity index (χ1v) is 5.00. The summed E-state index contributed by atoms with van der Waals surface area (Å²) in [6.45, 7) is 2.07. The Balaban J connectivity index is 2.65. The van der Waals surface area contributed by atoms with Crippen LogP contribution in [0.1, 0.15) is 18.1 Å². The predicted octanol–water partition coefficient (Wildman–Crippen LogP) is 1.11. The summed E-state index contributed by atoms with van der Waals surface area (Å²) in [5, 5.41) is 2.32. The number of carbonyl (C=O) groups excluding carboxylic acids is 2. The number of aryl methyl sites for hydroxylation is 1. The molecule has 0 heterocycles. The first-order chi connectivity index (χ1) is 7.17. The second-order valence-corrected chi connectivity index (χ2v) is 3.35. The fourth-order valence-corrected chi connectivity index (χ4v) is 1.30. The van der Waals surface area contributed by atoms with E-state index in [1.54, 1.807) is 0 Å². The highest BCUT2D eigenvalue weighted by Crippen LogP contribution is 2.06. The maximum atomic E-state index is 11.3. The lowest BCUT2D eigenvalue weighted by Crippen LogP contribution is -2.28. The Morgan fingerprint density at radius 3 is 2.13 bits per heavy atom. The number of amides is 1. The summed E-state index contributed by atoms with van der Waals surface area (Å²) in [7, 11) is 1.46. The molecule has 0 atom stereocenters. The molecule has 0 bridgehead atoms. The molecule has 1 aromatic carbocycles. The van der Waals surface area contributed by atoms with Gasteiger partial charge in [-0.2, -0.15) is 0 Å². The summed E-state index contributed by atoms with van der Waals surface area (Å²) in [6, 6.07) is 7.73. The fraction of sp³-hybridized carbons (Fsp3) is 0.333. The van der Waals surface area contributed by atoms with Gasteiger partial charge in [-0.15, -0.1) is 0 Å². The van der Waals surface area contributed by atoms with E-state index in [0.717, 1.165) is 12.0 Å². The highest BCUT2D eigenvalue weighted by Gasteiger charge is 2.11. The molecule has 0 aliphatic heterocycles. The second kappa shape index (κ2) is 5.29. The molecule has 0 fully saturated rings. The van der Waals surface area contributed by atoms with Crippen LogP contribution in [0.2, 0.25) is 0 Å². The first-order valence-electron chi connectivity index (χ1n) is 5.00. The van der Waals surface area contributed by atoms with Crippen LogP contribution in [-0.4, -0.2) is 18.7 Å². The van der Waals surface area contributed by atoms with Crippen LogP contribution in [0.25, 0.3) is 0 Å². The molecule has 80 valence electrons. The van der Waals surface area contributed by atoms with Crippen molar-refractivity contribution in [1.29, 1.82) is 0 Å². The average Bonchev–Trinajstić information content (AvgIpc) is 2.29. The lowest BCUT2D eigenvalue weighted by Gasteiger charge is -2.01. The highest BCUT2D eigenvalue weighted by atomic mass is 16.2. The highest BCUT2D eigenvalue weighted by molar-refractivity contribution is 6.36. The quantitative estimate of drug-likeness (QED) is 0.748. The van der Waals surface area contributed by atoms with Gasteiger partial charge < -0.3 is 5.32 Å². The monoisotopic (exact) mass is 205 g/mol. The van der Waals surface area contributed by atoms with Gasteiger partial charge in [-0.1, -0.05) is 31.2 Å². The molecule has 3 nitrogen and oxygen atoms in total. The van der Waals surface area contributed by atoms with Crippen molar-refractivity contribution in [2.75, 3.05) is 7.05 Å². The van der Waals surface area contributed by atoms with E-state index in [2.05, 4.69) is 12.2 Å². The molecule has 0 aliphatic carbocycles. The van der Waals surface area contributed by atoms with Crippen LogP contribution < -0.4 is 5.32 Å². The molecule has 1 aromatic rings. The minimum absolute atomic E-state index is 0.170. The summed E-state index contributed by atoms with van der Waals surface area (Å²) in [6.07, 6.45) is 1.15. The van der Waals surface area contributed by atoms with E-state index < -0.39 is 11.7 Å². The molecule has 1 amide bonds. The van der Waals surface area contributed by atoms with Gasteiger partial charge in [0, 0.05) is 13.5 Å². The van der Waals surface area contributed by atoms with Gasteiger partial charge >= 0.3 is 0 Å². The molecule has 0 saturated heterocycles. The van der Waals surface area contributed by atoms with Crippen molar-refractivity contribution in [2.45, 2.75) is 19.8 Å². The van der Waals surface area contributed by atoms with Crippen LogP contribution in [0, 0.1) is 0 Å². The average molecular weight is 205 g/mol. The number of hydrogen-bond acceptors (Lipinski definition) is 2. The summed E-state index contributed by atoms with van der Waals surface area (Å²) in [5.74, 6) is -0.934. The van der Waals surface area contributed by atoms with Crippen molar-refractivity contribution in [2.24, 2.45) is 0 Å². The Morgan fingerprint density at radius 1 is 1.13 bits per heavy atom. The maximum absolute atomic E-state index is 11.3. The summed E-state index contributed by atoms with van der Waals surface area (Å²) < 4.78 is 0. The third kappa shape index (κ3) is 3.20. The van der Waals surface area contributed by atoms with E-state index in [0.29, 0.717) is 0 Å². The molecule has 0 radical (unpaired) electrons. The summed E-state index contributed by atoms with van der Waals surface area (Å²) in [5.41, 5.74) is 2.10. The Kier molecular flexibility index (Phi) is 4.03. The molecule has 1 N–H and O–H groups in total. The number of ketones is 1. The lowest BCUT2D eigenvalue weighted by molar-refractivity contribution is -0.137. The predicted molar refractivity (Wildman–Crippen MR) is 58.6 cm³/mol. The molecule has 0 unspecified atom stereocenters. The van der Waals surface area contributed by atoms with Crippen LogP contribution in [0.5, 0.6) is 0 Å². The molecule has 3 heteroatoms. The van der Waals surface area contributed by atoms with E-state index in [4.69, 9.17) is 0 Å². The van der Waals surface area contributed by atoms with Crippen molar-refractivity contribution < 1.29 is 9.59 Å². The van der Waals surface area contributed by atoms with E-state index >= 15 is 0 Å². The molecule has 0 aromatic heterocycles. The molecular weight excluding hydrogens is 190 g/mol. The van der Waals surface area contributed by atoms with Gasteiger partial charge in [0.05, 0.1) is 0 Å². The van der Waals surface area contributed by atoms with Crippen LogP contribution in [0.3, 0.4) is 0 Å². The number of Topliss-reactive ketones (excluding diaryl/α,β-unsaturated/α-hetero) is 1. The Morgan fingerprint density at radius 2 is 1.67 bits per heavy atom. The minimum atomic E-state index is -0.533. The van der Waals surface area contributed by atoms with Gasteiger partial charge in [-0.05, 0) is 17.5 Å².